The Kier molecular flexibility index (Phi) is 3.44. The number of hydrogen-bond donors (Lipinski definition) is 1. The number of rotatable bonds is 4. The minimum absolute atomic E-state index is 0.715. The average molecular weight is 231 g/mol. The van der Waals surface area contributed by atoms with Crippen LogP contribution in [0.25, 0.3) is 0 Å². The number of aryl methyl sites for hydroxylation is 1. The van der Waals surface area contributed by atoms with Gasteiger partial charge in [0.2, 0.25) is 0 Å². The fourth-order valence-electron chi connectivity index (χ4n) is 1.73. The second-order valence-corrected chi connectivity index (χ2v) is 4.22. The molecule has 0 radical (unpaired) electrons. The summed E-state index contributed by atoms with van der Waals surface area (Å²) in [4.78, 5) is 6.39. The molecule has 4 heteroatoms. The van der Waals surface area contributed by atoms with Crippen molar-refractivity contribution in [3.8, 4) is 0 Å². The van der Waals surface area contributed by atoms with Crippen LogP contribution in [0.4, 0.5) is 5.69 Å². The van der Waals surface area contributed by atoms with E-state index >= 15 is 0 Å². The highest BCUT2D eigenvalue weighted by Gasteiger charge is 2.07. The predicted molar refractivity (Wildman–Crippen MR) is 67.3 cm³/mol. The van der Waals surface area contributed by atoms with Gasteiger partial charge in [-0.25, -0.2) is 0 Å². The van der Waals surface area contributed by atoms with Crippen LogP contribution in [0.2, 0.25) is 0 Å². The molecular formula is C13H17N3O. The number of nitrogens with zero attached hydrogens (tertiary/aromatic N) is 2. The summed E-state index contributed by atoms with van der Waals surface area (Å²) in [6.45, 7) is 3.41. The molecule has 0 aromatic carbocycles. The van der Waals surface area contributed by atoms with Crippen molar-refractivity contribution >= 4 is 5.69 Å². The van der Waals surface area contributed by atoms with Gasteiger partial charge < -0.3 is 10.2 Å². The molecule has 90 valence electrons. The van der Waals surface area contributed by atoms with Gasteiger partial charge in [-0.05, 0) is 38.2 Å². The summed E-state index contributed by atoms with van der Waals surface area (Å²) in [5.74, 6) is 1.89. The monoisotopic (exact) mass is 231 g/mol. The lowest BCUT2D eigenvalue weighted by molar-refractivity contribution is 0.283. The lowest BCUT2D eigenvalue weighted by Crippen LogP contribution is -2.18. The van der Waals surface area contributed by atoms with E-state index < -0.39 is 0 Å². The number of anilines is 1. The van der Waals surface area contributed by atoms with E-state index in [2.05, 4.69) is 9.88 Å². The smallest absolute Gasteiger partial charge is 0.118 e. The molecular weight excluding hydrogens is 214 g/mol. The summed E-state index contributed by atoms with van der Waals surface area (Å²) in [5.41, 5.74) is 7.49. The SMILES string of the molecule is Cc1ccc(CN(C)Cc2ncccc2N)o1. The number of nitrogens with two attached hydrogens (primary N) is 1. The maximum atomic E-state index is 5.85. The number of furan rings is 1. The molecule has 2 aromatic heterocycles. The molecule has 0 fully saturated rings. The molecule has 0 spiro atoms. The van der Waals surface area contributed by atoms with Crippen LogP contribution in [0.3, 0.4) is 0 Å². The van der Waals surface area contributed by atoms with Crippen molar-refractivity contribution in [3.05, 3.63) is 47.7 Å². The minimum atomic E-state index is 0.715. The number of nitrogen functional groups attached to an aromatic ring is 1. The van der Waals surface area contributed by atoms with Crippen molar-refractivity contribution in [1.29, 1.82) is 0 Å². The van der Waals surface area contributed by atoms with Crippen LogP contribution < -0.4 is 5.73 Å². The van der Waals surface area contributed by atoms with Crippen LogP contribution in [0, 0.1) is 6.92 Å². The molecule has 2 aromatic rings. The summed E-state index contributed by atoms with van der Waals surface area (Å²) in [5, 5.41) is 0. The molecule has 0 aliphatic carbocycles. The lowest BCUT2D eigenvalue weighted by Gasteiger charge is -2.15. The summed E-state index contributed by atoms with van der Waals surface area (Å²) >= 11 is 0. The molecule has 2 N–H and O–H groups in total. The quantitative estimate of drug-likeness (QED) is 0.876. The third-order valence-corrected chi connectivity index (χ3v) is 2.57. The van der Waals surface area contributed by atoms with Crippen LogP contribution in [0.5, 0.6) is 0 Å². The van der Waals surface area contributed by atoms with Gasteiger partial charge in [0.05, 0.1) is 17.9 Å². The first kappa shape index (κ1) is 11.7. The van der Waals surface area contributed by atoms with E-state index in [-0.39, 0.29) is 0 Å². The van der Waals surface area contributed by atoms with Crippen molar-refractivity contribution in [2.75, 3.05) is 12.8 Å². The van der Waals surface area contributed by atoms with Crippen molar-refractivity contribution in [2.45, 2.75) is 20.0 Å². The Morgan fingerprint density at radius 2 is 2.12 bits per heavy atom. The van der Waals surface area contributed by atoms with Gasteiger partial charge in [-0.2, -0.15) is 0 Å². The highest BCUT2D eigenvalue weighted by molar-refractivity contribution is 5.41. The molecule has 0 aliphatic rings. The van der Waals surface area contributed by atoms with Gasteiger partial charge in [0, 0.05) is 12.7 Å². The Balaban J connectivity index is 1.98. The number of hydrogen-bond acceptors (Lipinski definition) is 4. The van der Waals surface area contributed by atoms with E-state index in [0.29, 0.717) is 6.54 Å². The molecule has 2 rings (SSSR count). The fraction of sp³-hybridized carbons (Fsp3) is 0.308. The molecule has 0 saturated heterocycles. The zero-order valence-electron chi connectivity index (χ0n) is 10.2. The summed E-state index contributed by atoms with van der Waals surface area (Å²) in [7, 11) is 2.02. The number of pyridine rings is 1. The topological polar surface area (TPSA) is 55.3 Å². The largest absolute Gasteiger partial charge is 0.465 e. The molecule has 0 saturated carbocycles. The first-order valence-corrected chi connectivity index (χ1v) is 5.58. The van der Waals surface area contributed by atoms with Gasteiger partial charge >= 0.3 is 0 Å². The van der Waals surface area contributed by atoms with E-state index in [9.17, 15) is 0 Å². The van der Waals surface area contributed by atoms with Crippen molar-refractivity contribution in [1.82, 2.24) is 9.88 Å². The van der Waals surface area contributed by atoms with Crippen molar-refractivity contribution < 1.29 is 4.42 Å². The van der Waals surface area contributed by atoms with Crippen LogP contribution in [-0.2, 0) is 13.1 Å². The van der Waals surface area contributed by atoms with E-state index in [0.717, 1.165) is 29.4 Å². The molecule has 0 bridgehead atoms. The lowest BCUT2D eigenvalue weighted by atomic mass is 10.3. The van der Waals surface area contributed by atoms with Crippen LogP contribution in [0.15, 0.2) is 34.9 Å². The first-order chi connectivity index (χ1) is 8.15. The second-order valence-electron chi connectivity index (χ2n) is 4.22. The van der Waals surface area contributed by atoms with Crippen LogP contribution in [0.1, 0.15) is 17.2 Å². The average Bonchev–Trinajstić information content (AvgIpc) is 2.67. The molecule has 2 heterocycles. The Morgan fingerprint density at radius 1 is 1.29 bits per heavy atom. The third-order valence-electron chi connectivity index (χ3n) is 2.57. The molecule has 0 aliphatic heterocycles. The summed E-state index contributed by atoms with van der Waals surface area (Å²) < 4.78 is 5.53. The normalized spacial score (nSPS) is 11.0. The Labute approximate surface area is 101 Å². The van der Waals surface area contributed by atoms with Gasteiger partial charge in [0.1, 0.15) is 11.5 Å². The Hall–Kier alpha value is -1.81. The van der Waals surface area contributed by atoms with Crippen molar-refractivity contribution in [3.63, 3.8) is 0 Å². The van der Waals surface area contributed by atoms with E-state index in [1.165, 1.54) is 0 Å². The molecule has 0 amide bonds. The minimum Gasteiger partial charge on any atom is -0.465 e. The second kappa shape index (κ2) is 5.01. The zero-order valence-corrected chi connectivity index (χ0v) is 10.2. The van der Waals surface area contributed by atoms with Crippen LogP contribution in [-0.4, -0.2) is 16.9 Å². The summed E-state index contributed by atoms with van der Waals surface area (Å²) in [6, 6.07) is 7.67. The van der Waals surface area contributed by atoms with Gasteiger partial charge in [-0.15, -0.1) is 0 Å². The van der Waals surface area contributed by atoms with E-state index in [4.69, 9.17) is 10.2 Å². The standard InChI is InChI=1S/C13H17N3O/c1-10-5-6-11(17-10)8-16(2)9-13-12(14)4-3-7-15-13/h3-7H,8-9,14H2,1-2H3. The predicted octanol–water partition coefficient (Wildman–Crippen LogP) is 2.20. The summed E-state index contributed by atoms with van der Waals surface area (Å²) in [6.07, 6.45) is 1.76. The van der Waals surface area contributed by atoms with Gasteiger partial charge in [0.15, 0.2) is 0 Å². The van der Waals surface area contributed by atoms with Crippen molar-refractivity contribution in [2.24, 2.45) is 0 Å². The van der Waals surface area contributed by atoms with Gasteiger partial charge in [-0.1, -0.05) is 0 Å². The van der Waals surface area contributed by atoms with Gasteiger partial charge in [0.25, 0.3) is 0 Å². The highest BCUT2D eigenvalue weighted by atomic mass is 16.3. The molecule has 17 heavy (non-hydrogen) atoms. The Bertz CT molecular complexity index is 493. The molecule has 0 atom stereocenters. The van der Waals surface area contributed by atoms with Crippen LogP contribution >= 0.6 is 0 Å². The fourth-order valence-corrected chi connectivity index (χ4v) is 1.73. The van der Waals surface area contributed by atoms with E-state index in [1.807, 2.05) is 38.2 Å². The molecule has 4 nitrogen and oxygen atoms in total. The number of aromatic nitrogens is 1. The third kappa shape index (κ3) is 3.07. The van der Waals surface area contributed by atoms with Gasteiger partial charge in [-0.3, -0.25) is 9.88 Å². The maximum absolute atomic E-state index is 5.85. The first-order valence-electron chi connectivity index (χ1n) is 5.58. The maximum Gasteiger partial charge on any atom is 0.118 e. The zero-order chi connectivity index (χ0) is 12.3. The molecule has 0 unspecified atom stereocenters. The van der Waals surface area contributed by atoms with E-state index in [1.54, 1.807) is 6.20 Å². The Morgan fingerprint density at radius 3 is 2.76 bits per heavy atom. The highest BCUT2D eigenvalue weighted by Crippen LogP contribution is 2.13.